The second-order valence-electron chi connectivity index (χ2n) is 7.63. The molecule has 2 N–H and O–H groups in total. The number of aromatic amines is 1. The molecule has 0 aliphatic heterocycles. The van der Waals surface area contributed by atoms with Crippen molar-refractivity contribution in [2.45, 2.75) is 25.4 Å². The van der Waals surface area contributed by atoms with Crippen LogP contribution in [0.1, 0.15) is 35.3 Å². The predicted molar refractivity (Wildman–Crippen MR) is 109 cm³/mol. The summed E-state index contributed by atoms with van der Waals surface area (Å²) in [5.74, 6) is -0.587. The first-order chi connectivity index (χ1) is 14.1. The lowest BCUT2D eigenvalue weighted by Crippen LogP contribution is -2.38. The van der Waals surface area contributed by atoms with Crippen molar-refractivity contribution in [3.05, 3.63) is 93.8 Å². The van der Waals surface area contributed by atoms with Gasteiger partial charge in [0.05, 0.1) is 5.56 Å². The van der Waals surface area contributed by atoms with E-state index in [0.29, 0.717) is 11.3 Å². The summed E-state index contributed by atoms with van der Waals surface area (Å²) in [6.45, 7) is 3.52. The van der Waals surface area contributed by atoms with Crippen LogP contribution in [0.15, 0.2) is 71.5 Å². The van der Waals surface area contributed by atoms with Crippen LogP contribution in [0.3, 0.4) is 0 Å². The maximum absolute atomic E-state index is 13.0. The van der Waals surface area contributed by atoms with E-state index >= 15 is 0 Å². The van der Waals surface area contributed by atoms with Gasteiger partial charge in [-0.3, -0.25) is 9.59 Å². The van der Waals surface area contributed by atoms with E-state index in [9.17, 15) is 22.8 Å². The zero-order valence-corrected chi connectivity index (χ0v) is 16.5. The molecule has 0 unspecified atom stereocenters. The summed E-state index contributed by atoms with van der Waals surface area (Å²) in [4.78, 5) is 27.6. The Kier molecular flexibility index (Phi) is 5.82. The van der Waals surface area contributed by atoms with Gasteiger partial charge < -0.3 is 10.3 Å². The molecular formula is C23H21F3N2O2. The Hall–Kier alpha value is -3.35. The van der Waals surface area contributed by atoms with Crippen LogP contribution in [-0.4, -0.2) is 17.4 Å². The van der Waals surface area contributed by atoms with Crippen LogP contribution in [0.4, 0.5) is 13.2 Å². The molecule has 3 aromatic rings. The monoisotopic (exact) mass is 414 g/mol. The van der Waals surface area contributed by atoms with Crippen molar-refractivity contribution >= 4 is 5.91 Å². The van der Waals surface area contributed by atoms with E-state index < -0.39 is 28.6 Å². The number of hydrogen-bond donors (Lipinski definition) is 2. The third-order valence-electron chi connectivity index (χ3n) is 4.90. The number of H-pyrrole nitrogens is 1. The van der Waals surface area contributed by atoms with Gasteiger partial charge in [-0.25, -0.2) is 0 Å². The van der Waals surface area contributed by atoms with Gasteiger partial charge in [0.2, 0.25) is 0 Å². The van der Waals surface area contributed by atoms with Crippen LogP contribution in [0, 0.1) is 0 Å². The third kappa shape index (κ3) is 4.79. The Morgan fingerprint density at radius 1 is 0.933 bits per heavy atom. The highest BCUT2D eigenvalue weighted by atomic mass is 19.4. The topological polar surface area (TPSA) is 62.0 Å². The highest BCUT2D eigenvalue weighted by Gasteiger charge is 2.32. The van der Waals surface area contributed by atoms with E-state index in [1.54, 1.807) is 26.0 Å². The molecule has 0 spiro atoms. The molecule has 0 bridgehead atoms. The fourth-order valence-corrected chi connectivity index (χ4v) is 3.05. The van der Waals surface area contributed by atoms with Gasteiger partial charge in [0.25, 0.3) is 11.5 Å². The van der Waals surface area contributed by atoms with Crippen molar-refractivity contribution < 1.29 is 18.0 Å². The van der Waals surface area contributed by atoms with Crippen molar-refractivity contribution in [1.29, 1.82) is 0 Å². The molecule has 0 saturated carbocycles. The summed E-state index contributed by atoms with van der Waals surface area (Å²) >= 11 is 0. The number of pyridine rings is 1. The molecule has 4 nitrogen and oxygen atoms in total. The number of benzene rings is 2. The molecule has 0 radical (unpaired) electrons. The normalized spacial score (nSPS) is 11.9. The molecule has 30 heavy (non-hydrogen) atoms. The van der Waals surface area contributed by atoms with Crippen molar-refractivity contribution in [3.63, 3.8) is 0 Å². The first kappa shape index (κ1) is 21.4. The Morgan fingerprint density at radius 3 is 2.23 bits per heavy atom. The Balaban J connectivity index is 1.74. The summed E-state index contributed by atoms with van der Waals surface area (Å²) in [6, 6.07) is 17.3. The third-order valence-corrected chi connectivity index (χ3v) is 4.90. The minimum atomic E-state index is -4.44. The molecule has 1 amide bonds. The van der Waals surface area contributed by atoms with Crippen molar-refractivity contribution in [1.82, 2.24) is 10.3 Å². The molecule has 0 aliphatic rings. The van der Waals surface area contributed by atoms with Gasteiger partial charge in [-0.2, -0.15) is 13.2 Å². The lowest BCUT2D eigenvalue weighted by molar-refractivity contribution is -0.137. The lowest BCUT2D eigenvalue weighted by Gasteiger charge is -2.26. The molecule has 0 fully saturated rings. The molecule has 3 rings (SSSR count). The molecule has 0 aliphatic carbocycles. The van der Waals surface area contributed by atoms with Crippen LogP contribution in [-0.2, 0) is 11.6 Å². The van der Waals surface area contributed by atoms with Crippen LogP contribution in [0.25, 0.3) is 11.3 Å². The lowest BCUT2D eigenvalue weighted by atomic mass is 9.83. The number of carbonyl (C=O) groups is 1. The molecule has 2 aromatic carbocycles. The first-order valence-corrected chi connectivity index (χ1v) is 9.33. The number of aromatic nitrogens is 1. The standard InChI is InChI=1S/C23H21F3N2O2/c1-22(2,16-9-6-10-17(13-16)23(24,25)26)14-27-20(29)18-11-12-19(28-21(18)30)15-7-4-3-5-8-15/h3-13H,14H2,1-2H3,(H,27,29)(H,28,30). The van der Waals surface area contributed by atoms with Crippen LogP contribution in [0.5, 0.6) is 0 Å². The summed E-state index contributed by atoms with van der Waals surface area (Å²) in [5, 5.41) is 2.66. The highest BCUT2D eigenvalue weighted by Crippen LogP contribution is 2.32. The second kappa shape index (κ2) is 8.18. The van der Waals surface area contributed by atoms with Crippen LogP contribution in [0.2, 0.25) is 0 Å². The van der Waals surface area contributed by atoms with Gasteiger partial charge in [0.15, 0.2) is 0 Å². The first-order valence-electron chi connectivity index (χ1n) is 9.33. The SMILES string of the molecule is CC(C)(CNC(=O)c1ccc(-c2ccccc2)[nH]c1=O)c1cccc(C(F)(F)F)c1. The maximum atomic E-state index is 13.0. The van der Waals surface area contributed by atoms with Gasteiger partial charge in [-0.15, -0.1) is 0 Å². The number of nitrogens with one attached hydrogen (secondary N) is 2. The number of carbonyl (C=O) groups excluding carboxylic acids is 1. The molecule has 7 heteroatoms. The fraction of sp³-hybridized carbons (Fsp3) is 0.217. The van der Waals surface area contributed by atoms with E-state index in [1.165, 1.54) is 12.1 Å². The summed E-state index contributed by atoms with van der Waals surface area (Å²) in [6.07, 6.45) is -4.44. The van der Waals surface area contributed by atoms with Gasteiger partial charge in [-0.05, 0) is 29.3 Å². The van der Waals surface area contributed by atoms with Crippen molar-refractivity contribution in [2.75, 3.05) is 6.54 Å². The Bertz CT molecular complexity index is 1100. The smallest absolute Gasteiger partial charge is 0.351 e. The van der Waals surface area contributed by atoms with Gasteiger partial charge in [0.1, 0.15) is 5.56 Å². The zero-order valence-electron chi connectivity index (χ0n) is 16.5. The summed E-state index contributed by atoms with van der Waals surface area (Å²) < 4.78 is 38.9. The number of hydrogen-bond acceptors (Lipinski definition) is 2. The van der Waals surface area contributed by atoms with E-state index in [4.69, 9.17) is 0 Å². The second-order valence-corrected chi connectivity index (χ2v) is 7.63. The zero-order chi connectivity index (χ0) is 21.9. The van der Waals surface area contributed by atoms with E-state index in [1.807, 2.05) is 30.3 Å². The Morgan fingerprint density at radius 2 is 1.60 bits per heavy atom. The van der Waals surface area contributed by atoms with Crippen molar-refractivity contribution in [2.24, 2.45) is 0 Å². The van der Waals surface area contributed by atoms with Crippen LogP contribution < -0.4 is 10.9 Å². The summed E-state index contributed by atoms with van der Waals surface area (Å²) in [5.41, 5.74) is -0.277. The largest absolute Gasteiger partial charge is 0.416 e. The fourth-order valence-electron chi connectivity index (χ4n) is 3.05. The Labute approximate surface area is 171 Å². The minimum absolute atomic E-state index is 0.0606. The number of rotatable bonds is 5. The van der Waals surface area contributed by atoms with E-state index in [-0.39, 0.29) is 12.1 Å². The van der Waals surface area contributed by atoms with Gasteiger partial charge in [0, 0.05) is 17.7 Å². The average molecular weight is 414 g/mol. The number of halogens is 3. The highest BCUT2D eigenvalue weighted by molar-refractivity contribution is 5.94. The van der Waals surface area contributed by atoms with Crippen LogP contribution >= 0.6 is 0 Å². The molecule has 0 atom stereocenters. The molecule has 156 valence electrons. The molecule has 1 heterocycles. The summed E-state index contributed by atoms with van der Waals surface area (Å²) in [7, 11) is 0. The van der Waals surface area contributed by atoms with Gasteiger partial charge in [-0.1, -0.05) is 62.4 Å². The van der Waals surface area contributed by atoms with E-state index in [2.05, 4.69) is 10.3 Å². The molecule has 0 saturated heterocycles. The quantitative estimate of drug-likeness (QED) is 0.632. The number of alkyl halides is 3. The van der Waals surface area contributed by atoms with Gasteiger partial charge >= 0.3 is 6.18 Å². The van der Waals surface area contributed by atoms with Crippen molar-refractivity contribution in [3.8, 4) is 11.3 Å². The molecule has 1 aromatic heterocycles. The van der Waals surface area contributed by atoms with E-state index in [0.717, 1.165) is 17.7 Å². The predicted octanol–water partition coefficient (Wildman–Crippen LogP) is 4.77. The maximum Gasteiger partial charge on any atom is 0.416 e. The minimum Gasteiger partial charge on any atom is -0.351 e. The number of amides is 1. The molecular weight excluding hydrogens is 393 g/mol. The average Bonchev–Trinajstić information content (AvgIpc) is 2.72.